The van der Waals surface area contributed by atoms with Crippen molar-refractivity contribution in [2.45, 2.75) is 90.9 Å². The molecular weight excluding hydrogens is 271 g/mol. The van der Waals surface area contributed by atoms with E-state index in [2.05, 4.69) is 13.8 Å². The van der Waals surface area contributed by atoms with Crippen molar-refractivity contribution in [1.29, 1.82) is 0 Å². The van der Waals surface area contributed by atoms with Crippen LogP contribution in [0.15, 0.2) is 0 Å². The lowest BCUT2D eigenvalue weighted by Gasteiger charge is -2.05. The van der Waals surface area contributed by atoms with E-state index in [1.807, 2.05) is 0 Å². The minimum atomic E-state index is -3.75. The van der Waals surface area contributed by atoms with E-state index in [1.165, 1.54) is 57.8 Å². The maximum absolute atomic E-state index is 10.6. The smallest absolute Gasteiger partial charge is 0.324 e. The lowest BCUT2D eigenvalue weighted by Crippen LogP contribution is -1.88. The van der Waals surface area contributed by atoms with Gasteiger partial charge in [0.25, 0.3) is 0 Å². The quantitative estimate of drug-likeness (QED) is 0.329. The van der Waals surface area contributed by atoms with Crippen LogP contribution in [0.2, 0.25) is 0 Å². The summed E-state index contributed by atoms with van der Waals surface area (Å²) < 4.78 is 10.6. The number of unbranched alkanes of at least 4 members (excludes halogenated alkanes) is 10. The van der Waals surface area contributed by atoms with Crippen LogP contribution in [-0.2, 0) is 4.57 Å². The molecule has 122 valence electrons. The van der Waals surface area contributed by atoms with Gasteiger partial charge in [-0.2, -0.15) is 0 Å². The van der Waals surface area contributed by atoms with Gasteiger partial charge in [-0.05, 0) is 12.3 Å². The molecule has 0 aliphatic rings. The van der Waals surface area contributed by atoms with Crippen molar-refractivity contribution in [2.24, 2.45) is 5.92 Å². The second kappa shape index (κ2) is 12.9. The van der Waals surface area contributed by atoms with Crippen LogP contribution in [0.25, 0.3) is 0 Å². The maximum Gasteiger partial charge on any atom is 0.325 e. The number of hydrogen-bond donors (Lipinski definition) is 2. The fourth-order valence-corrected chi connectivity index (χ4v) is 3.10. The molecule has 0 aliphatic heterocycles. The molecule has 0 aliphatic carbocycles. The zero-order valence-corrected chi connectivity index (χ0v) is 14.4. The molecule has 2 N–H and O–H groups in total. The molecule has 0 unspecified atom stereocenters. The summed E-state index contributed by atoms with van der Waals surface area (Å²) in [6.45, 7) is 4.58. The summed E-state index contributed by atoms with van der Waals surface area (Å²) in [6, 6.07) is 0. The molecule has 0 saturated carbocycles. The van der Waals surface area contributed by atoms with E-state index in [1.54, 1.807) is 0 Å². The maximum atomic E-state index is 10.6. The molecule has 0 radical (unpaired) electrons. The fraction of sp³-hybridized carbons (Fsp3) is 1.00. The standard InChI is InChI=1S/C16H35O3P/c1-16(2)14-12-10-8-6-4-3-5-7-9-11-13-15-20(17,18)19/h16H,3-15H2,1-2H3,(H2,17,18,19). The zero-order chi connectivity index (χ0) is 15.3. The molecule has 0 aromatic heterocycles. The molecule has 0 rings (SSSR count). The predicted octanol–water partition coefficient (Wildman–Crippen LogP) is 5.50. The van der Waals surface area contributed by atoms with Gasteiger partial charge in [0.1, 0.15) is 0 Å². The number of hydrogen-bond acceptors (Lipinski definition) is 1. The first-order valence-corrected chi connectivity index (χ1v) is 10.3. The van der Waals surface area contributed by atoms with Crippen LogP contribution in [0, 0.1) is 5.92 Å². The van der Waals surface area contributed by atoms with Crippen molar-refractivity contribution in [2.75, 3.05) is 6.16 Å². The van der Waals surface area contributed by atoms with Crippen LogP contribution >= 0.6 is 7.60 Å². The van der Waals surface area contributed by atoms with E-state index in [0.29, 0.717) is 6.42 Å². The van der Waals surface area contributed by atoms with E-state index >= 15 is 0 Å². The summed E-state index contributed by atoms with van der Waals surface area (Å²) in [4.78, 5) is 17.4. The van der Waals surface area contributed by atoms with Gasteiger partial charge in [-0.3, -0.25) is 4.57 Å². The lowest BCUT2D eigenvalue weighted by atomic mass is 10.0. The van der Waals surface area contributed by atoms with Gasteiger partial charge < -0.3 is 9.79 Å². The second-order valence-corrected chi connectivity index (χ2v) is 8.24. The van der Waals surface area contributed by atoms with E-state index in [9.17, 15) is 4.57 Å². The summed E-state index contributed by atoms with van der Waals surface area (Å²) in [7, 11) is -3.75. The lowest BCUT2D eigenvalue weighted by molar-refractivity contribution is 0.370. The summed E-state index contributed by atoms with van der Waals surface area (Å²) in [5, 5.41) is 0. The van der Waals surface area contributed by atoms with Crippen LogP contribution in [-0.4, -0.2) is 15.9 Å². The van der Waals surface area contributed by atoms with E-state index < -0.39 is 7.60 Å². The van der Waals surface area contributed by atoms with Gasteiger partial charge in [0, 0.05) is 6.16 Å². The van der Waals surface area contributed by atoms with Crippen LogP contribution in [0.3, 0.4) is 0 Å². The third-order valence-electron chi connectivity index (χ3n) is 3.73. The molecule has 0 aromatic rings. The zero-order valence-electron chi connectivity index (χ0n) is 13.5. The molecule has 0 saturated heterocycles. The molecular formula is C16H35O3P. The molecule has 20 heavy (non-hydrogen) atoms. The Balaban J connectivity index is 3.05. The second-order valence-electron chi connectivity index (χ2n) is 6.46. The van der Waals surface area contributed by atoms with Gasteiger partial charge in [-0.1, -0.05) is 84.5 Å². The Bertz CT molecular complexity index is 248. The van der Waals surface area contributed by atoms with Gasteiger partial charge in [0.2, 0.25) is 0 Å². The van der Waals surface area contributed by atoms with Crippen LogP contribution < -0.4 is 0 Å². The Hall–Kier alpha value is 0.150. The highest BCUT2D eigenvalue weighted by Crippen LogP contribution is 2.35. The van der Waals surface area contributed by atoms with Crippen LogP contribution in [0.5, 0.6) is 0 Å². The third kappa shape index (κ3) is 18.1. The van der Waals surface area contributed by atoms with Gasteiger partial charge in [-0.25, -0.2) is 0 Å². The molecule has 0 spiro atoms. The van der Waals surface area contributed by atoms with E-state index in [-0.39, 0.29) is 6.16 Å². The first-order chi connectivity index (χ1) is 9.42. The topological polar surface area (TPSA) is 57.5 Å². The molecule has 0 bridgehead atoms. The molecule has 4 heteroatoms. The highest BCUT2D eigenvalue weighted by atomic mass is 31.2. The fourth-order valence-electron chi connectivity index (χ4n) is 2.46. The average molecular weight is 306 g/mol. The molecule has 0 atom stereocenters. The van der Waals surface area contributed by atoms with Crippen molar-refractivity contribution < 1.29 is 14.4 Å². The minimum Gasteiger partial charge on any atom is -0.324 e. The van der Waals surface area contributed by atoms with Crippen molar-refractivity contribution in [3.05, 3.63) is 0 Å². The Kier molecular flexibility index (Phi) is 13.0. The Morgan fingerprint density at radius 2 is 1.05 bits per heavy atom. The van der Waals surface area contributed by atoms with Crippen molar-refractivity contribution in [3.63, 3.8) is 0 Å². The molecule has 3 nitrogen and oxygen atoms in total. The number of rotatable bonds is 14. The largest absolute Gasteiger partial charge is 0.325 e. The van der Waals surface area contributed by atoms with Crippen LogP contribution in [0.4, 0.5) is 0 Å². The Morgan fingerprint density at radius 1 is 0.700 bits per heavy atom. The first kappa shape index (κ1) is 20.1. The minimum absolute atomic E-state index is 0.0589. The molecule has 0 aromatic carbocycles. The normalized spacial score (nSPS) is 12.2. The highest BCUT2D eigenvalue weighted by Gasteiger charge is 2.10. The van der Waals surface area contributed by atoms with Gasteiger partial charge >= 0.3 is 7.60 Å². The van der Waals surface area contributed by atoms with Crippen LogP contribution in [0.1, 0.15) is 90.9 Å². The summed E-state index contributed by atoms with van der Waals surface area (Å²) in [5.41, 5.74) is 0. The predicted molar refractivity (Wildman–Crippen MR) is 87.2 cm³/mol. The summed E-state index contributed by atoms with van der Waals surface area (Å²) in [5.74, 6) is 0.848. The Labute approximate surface area is 125 Å². The van der Waals surface area contributed by atoms with Gasteiger partial charge in [0.05, 0.1) is 0 Å². The van der Waals surface area contributed by atoms with E-state index in [0.717, 1.165) is 18.8 Å². The first-order valence-electron chi connectivity index (χ1n) is 8.46. The monoisotopic (exact) mass is 306 g/mol. The third-order valence-corrected chi connectivity index (χ3v) is 4.63. The summed E-state index contributed by atoms with van der Waals surface area (Å²) in [6.07, 6.45) is 14.9. The average Bonchev–Trinajstić information content (AvgIpc) is 2.33. The van der Waals surface area contributed by atoms with E-state index in [4.69, 9.17) is 9.79 Å². The molecule has 0 fully saturated rings. The molecule has 0 amide bonds. The molecule has 0 heterocycles. The van der Waals surface area contributed by atoms with Crippen molar-refractivity contribution >= 4 is 7.60 Å². The van der Waals surface area contributed by atoms with Gasteiger partial charge in [-0.15, -0.1) is 0 Å². The van der Waals surface area contributed by atoms with Crippen molar-refractivity contribution in [3.8, 4) is 0 Å². The SMILES string of the molecule is CC(C)CCCCCCCCCCCCCP(=O)(O)O. The highest BCUT2D eigenvalue weighted by molar-refractivity contribution is 7.51. The Morgan fingerprint density at radius 3 is 1.40 bits per heavy atom. The van der Waals surface area contributed by atoms with Crippen molar-refractivity contribution in [1.82, 2.24) is 0 Å². The van der Waals surface area contributed by atoms with Gasteiger partial charge in [0.15, 0.2) is 0 Å². The summed E-state index contributed by atoms with van der Waals surface area (Å²) >= 11 is 0.